The fraction of sp³-hybridized carbons (Fsp3) is 0.588. The molecule has 0 heterocycles. The summed E-state index contributed by atoms with van der Waals surface area (Å²) < 4.78 is 25.6. The van der Waals surface area contributed by atoms with Crippen molar-refractivity contribution in [2.75, 3.05) is 17.1 Å². The molecule has 0 spiro atoms. The van der Waals surface area contributed by atoms with Crippen LogP contribution in [0.15, 0.2) is 12.1 Å². The van der Waals surface area contributed by atoms with Crippen LogP contribution in [0.25, 0.3) is 0 Å². The van der Waals surface area contributed by atoms with Crippen molar-refractivity contribution in [3.05, 3.63) is 28.8 Å². The Bertz CT molecular complexity index is 658. The third-order valence-electron chi connectivity index (χ3n) is 3.96. The molecule has 0 aliphatic rings. The number of hydrogen-bond donors (Lipinski definition) is 1. The van der Waals surface area contributed by atoms with Crippen molar-refractivity contribution in [3.8, 4) is 0 Å². The number of hydrogen-bond acceptors (Lipinski definition) is 3. The molecule has 0 bridgehead atoms. The first-order valence-corrected chi connectivity index (χ1v) is 9.63. The lowest BCUT2D eigenvalue weighted by atomic mass is 10.0. The molecule has 1 atom stereocenters. The Morgan fingerprint density at radius 1 is 1.13 bits per heavy atom. The van der Waals surface area contributed by atoms with Crippen molar-refractivity contribution in [1.29, 1.82) is 0 Å². The van der Waals surface area contributed by atoms with E-state index in [4.69, 9.17) is 0 Å². The number of anilines is 1. The molecule has 0 fully saturated rings. The highest BCUT2D eigenvalue weighted by Crippen LogP contribution is 2.28. The van der Waals surface area contributed by atoms with Crippen LogP contribution < -0.4 is 9.62 Å². The van der Waals surface area contributed by atoms with E-state index in [2.05, 4.69) is 5.32 Å². The Morgan fingerprint density at radius 3 is 2.00 bits per heavy atom. The molecule has 0 radical (unpaired) electrons. The molecule has 0 unspecified atom stereocenters. The normalized spacial score (nSPS) is 13.0. The van der Waals surface area contributed by atoms with Crippen molar-refractivity contribution in [3.63, 3.8) is 0 Å². The highest BCUT2D eigenvalue weighted by atomic mass is 32.2. The minimum Gasteiger partial charge on any atom is -0.352 e. The maximum absolute atomic E-state index is 12.3. The number of carbonyl (C=O) groups is 1. The van der Waals surface area contributed by atoms with E-state index in [9.17, 15) is 13.2 Å². The van der Waals surface area contributed by atoms with Crippen LogP contribution in [0.2, 0.25) is 0 Å². The first-order valence-electron chi connectivity index (χ1n) is 7.78. The van der Waals surface area contributed by atoms with Gasteiger partial charge in [0.25, 0.3) is 0 Å². The van der Waals surface area contributed by atoms with E-state index in [1.165, 1.54) is 4.31 Å². The van der Waals surface area contributed by atoms with Crippen LogP contribution in [-0.4, -0.2) is 33.2 Å². The molecule has 1 aromatic carbocycles. The van der Waals surface area contributed by atoms with Gasteiger partial charge in [-0.3, -0.25) is 9.10 Å². The summed E-state index contributed by atoms with van der Waals surface area (Å²) >= 11 is 0. The molecule has 0 aromatic heterocycles. The molecule has 130 valence electrons. The molecule has 5 nitrogen and oxygen atoms in total. The second-order valence-electron chi connectivity index (χ2n) is 6.62. The molecule has 0 saturated carbocycles. The highest BCUT2D eigenvalue weighted by molar-refractivity contribution is 7.92. The van der Waals surface area contributed by atoms with Gasteiger partial charge in [-0.15, -0.1) is 0 Å². The van der Waals surface area contributed by atoms with Gasteiger partial charge in [-0.2, -0.15) is 0 Å². The van der Waals surface area contributed by atoms with Crippen molar-refractivity contribution in [1.82, 2.24) is 5.32 Å². The second kappa shape index (κ2) is 7.34. The van der Waals surface area contributed by atoms with Gasteiger partial charge in [0, 0.05) is 6.04 Å². The van der Waals surface area contributed by atoms with Crippen molar-refractivity contribution in [2.45, 2.75) is 47.6 Å². The quantitative estimate of drug-likeness (QED) is 0.865. The van der Waals surface area contributed by atoms with Gasteiger partial charge in [0.15, 0.2) is 0 Å². The summed E-state index contributed by atoms with van der Waals surface area (Å²) in [6, 6.07) is 3.84. The zero-order valence-electron chi connectivity index (χ0n) is 15.1. The third-order valence-corrected chi connectivity index (χ3v) is 5.07. The lowest BCUT2D eigenvalue weighted by Gasteiger charge is -2.27. The third kappa shape index (κ3) is 5.23. The van der Waals surface area contributed by atoms with Crippen LogP contribution in [0.4, 0.5) is 5.69 Å². The van der Waals surface area contributed by atoms with E-state index >= 15 is 0 Å². The zero-order valence-corrected chi connectivity index (χ0v) is 15.9. The van der Waals surface area contributed by atoms with E-state index in [-0.39, 0.29) is 24.4 Å². The van der Waals surface area contributed by atoms with Gasteiger partial charge >= 0.3 is 0 Å². The van der Waals surface area contributed by atoms with Gasteiger partial charge in [0.05, 0.1) is 11.9 Å². The Hall–Kier alpha value is -1.56. The topological polar surface area (TPSA) is 66.5 Å². The van der Waals surface area contributed by atoms with Gasteiger partial charge in [0.1, 0.15) is 6.54 Å². The van der Waals surface area contributed by atoms with Crippen LogP contribution in [0.3, 0.4) is 0 Å². The minimum atomic E-state index is -3.55. The van der Waals surface area contributed by atoms with Crippen molar-refractivity contribution < 1.29 is 13.2 Å². The molecule has 1 N–H and O–H groups in total. The fourth-order valence-electron chi connectivity index (χ4n) is 2.52. The fourth-order valence-corrected chi connectivity index (χ4v) is 3.50. The Balaban J connectivity index is 3.16. The Morgan fingerprint density at radius 2 is 1.61 bits per heavy atom. The van der Waals surface area contributed by atoms with Crippen molar-refractivity contribution >= 4 is 21.6 Å². The molecule has 1 rings (SSSR count). The summed E-state index contributed by atoms with van der Waals surface area (Å²) in [5, 5.41) is 2.86. The molecular formula is C17H28N2O3S. The molecule has 6 heteroatoms. The van der Waals surface area contributed by atoms with E-state index < -0.39 is 10.0 Å². The predicted octanol–water partition coefficient (Wildman–Crippen LogP) is 2.54. The summed E-state index contributed by atoms with van der Waals surface area (Å²) in [6.45, 7) is 11.4. The summed E-state index contributed by atoms with van der Waals surface area (Å²) in [5.41, 5.74) is 3.34. The number of carbonyl (C=O) groups excluding carboxylic acids is 1. The Labute approximate surface area is 140 Å². The zero-order chi connectivity index (χ0) is 17.9. The monoisotopic (exact) mass is 340 g/mol. The number of aryl methyl sites for hydroxylation is 3. The lowest BCUT2D eigenvalue weighted by Crippen LogP contribution is -2.45. The number of rotatable bonds is 6. The van der Waals surface area contributed by atoms with E-state index in [0.29, 0.717) is 5.69 Å². The molecular weight excluding hydrogens is 312 g/mol. The van der Waals surface area contributed by atoms with E-state index in [1.54, 1.807) is 0 Å². The average Bonchev–Trinajstić information content (AvgIpc) is 2.34. The van der Waals surface area contributed by atoms with Crippen LogP contribution in [0.1, 0.15) is 37.5 Å². The first kappa shape index (κ1) is 19.5. The van der Waals surface area contributed by atoms with Crippen molar-refractivity contribution in [2.24, 2.45) is 5.92 Å². The lowest BCUT2D eigenvalue weighted by molar-refractivity contribution is -0.120. The van der Waals surface area contributed by atoms with Crippen LogP contribution in [-0.2, 0) is 14.8 Å². The summed E-state index contributed by atoms with van der Waals surface area (Å²) in [7, 11) is -3.55. The van der Waals surface area contributed by atoms with E-state index in [0.717, 1.165) is 22.9 Å². The molecule has 1 aromatic rings. The minimum absolute atomic E-state index is 0.0101. The Kier molecular flexibility index (Phi) is 6.22. The van der Waals surface area contributed by atoms with Gasteiger partial charge in [-0.25, -0.2) is 8.42 Å². The molecule has 0 aliphatic carbocycles. The number of benzene rings is 1. The van der Waals surface area contributed by atoms with E-state index in [1.807, 2.05) is 53.7 Å². The highest BCUT2D eigenvalue weighted by Gasteiger charge is 2.25. The number of nitrogens with one attached hydrogen (secondary N) is 1. The number of amides is 1. The summed E-state index contributed by atoms with van der Waals surface area (Å²) in [5.74, 6) is -0.00974. The van der Waals surface area contributed by atoms with Gasteiger partial charge in [-0.05, 0) is 44.7 Å². The smallest absolute Gasteiger partial charge is 0.240 e. The first-order chi connectivity index (χ1) is 10.4. The molecule has 0 aliphatic heterocycles. The number of nitrogens with zero attached hydrogens (tertiary/aromatic N) is 1. The maximum atomic E-state index is 12.3. The number of sulfonamides is 1. The van der Waals surface area contributed by atoms with Crippen LogP contribution in [0, 0.1) is 26.7 Å². The molecule has 1 amide bonds. The van der Waals surface area contributed by atoms with Gasteiger partial charge in [-0.1, -0.05) is 31.5 Å². The standard InChI is InChI=1S/C17H28N2O3S/c1-11(2)15(6)18-16(20)10-19(23(7,21)22)17-13(4)8-12(3)9-14(17)5/h8-9,11,15H,10H2,1-7H3,(H,18,20)/t15-/m1/s1. The largest absolute Gasteiger partial charge is 0.352 e. The summed E-state index contributed by atoms with van der Waals surface area (Å²) in [6.07, 6.45) is 1.13. The summed E-state index contributed by atoms with van der Waals surface area (Å²) in [4.78, 5) is 12.3. The maximum Gasteiger partial charge on any atom is 0.240 e. The second-order valence-corrected chi connectivity index (χ2v) is 8.52. The predicted molar refractivity (Wildman–Crippen MR) is 95.3 cm³/mol. The molecule has 23 heavy (non-hydrogen) atoms. The van der Waals surface area contributed by atoms with Crippen LogP contribution in [0.5, 0.6) is 0 Å². The SMILES string of the molecule is Cc1cc(C)c(N(CC(=O)N[C@H](C)C(C)C)S(C)(=O)=O)c(C)c1. The van der Waals surface area contributed by atoms with Crippen LogP contribution >= 0.6 is 0 Å². The van der Waals surface area contributed by atoms with Gasteiger partial charge in [0.2, 0.25) is 15.9 Å². The average molecular weight is 340 g/mol. The molecule has 0 saturated heterocycles. The van der Waals surface area contributed by atoms with Gasteiger partial charge < -0.3 is 5.32 Å².